The van der Waals surface area contributed by atoms with Crippen molar-refractivity contribution in [2.24, 2.45) is 0 Å². The van der Waals surface area contributed by atoms with Gasteiger partial charge in [-0.15, -0.1) is 0 Å². The minimum Gasteiger partial charge on any atom is -0.506 e. The summed E-state index contributed by atoms with van der Waals surface area (Å²) in [5.41, 5.74) is 0.163. The molecule has 0 heterocycles. The maximum absolute atomic E-state index is 12.0. The molecule has 0 aliphatic rings. The van der Waals surface area contributed by atoms with Crippen LogP contribution in [0.25, 0.3) is 0 Å². The summed E-state index contributed by atoms with van der Waals surface area (Å²) < 4.78 is 27.4. The van der Waals surface area contributed by atoms with Crippen molar-refractivity contribution in [1.29, 1.82) is 0 Å². The Labute approximate surface area is 119 Å². The van der Waals surface area contributed by atoms with Gasteiger partial charge in [0, 0.05) is 3.57 Å². The molecule has 0 bridgehead atoms. The third kappa shape index (κ3) is 2.94. The van der Waals surface area contributed by atoms with Gasteiger partial charge in [-0.1, -0.05) is 12.1 Å². The van der Waals surface area contributed by atoms with Crippen LogP contribution in [0.4, 0.5) is 5.69 Å². The number of phenols is 1. The minimum absolute atomic E-state index is 0.105. The van der Waals surface area contributed by atoms with E-state index in [-0.39, 0.29) is 16.3 Å². The number of halogens is 1. The van der Waals surface area contributed by atoms with Gasteiger partial charge in [-0.05, 0) is 59.0 Å². The fraction of sp³-hybridized carbons (Fsp3) is 0. The van der Waals surface area contributed by atoms with Crippen LogP contribution in [0.3, 0.4) is 0 Å². The van der Waals surface area contributed by atoms with E-state index < -0.39 is 10.0 Å². The summed E-state index contributed by atoms with van der Waals surface area (Å²) >= 11 is 2.10. The van der Waals surface area contributed by atoms with E-state index in [1.807, 2.05) is 0 Å². The van der Waals surface area contributed by atoms with Crippen LogP contribution in [0.1, 0.15) is 0 Å². The smallest absolute Gasteiger partial charge is 0.262 e. The quantitative estimate of drug-likeness (QED) is 0.641. The molecule has 0 amide bonds. The van der Waals surface area contributed by atoms with E-state index in [1.165, 1.54) is 24.3 Å². The standard InChI is InChI=1S/C12H10INO3S/c13-9-5-7-10(8-6-9)18(16,17)14-11-3-1-2-4-12(11)15/h1-8,14-15H. The molecule has 0 radical (unpaired) electrons. The third-order valence-corrected chi connectivity index (χ3v) is 4.37. The van der Waals surface area contributed by atoms with Crippen molar-refractivity contribution in [2.75, 3.05) is 4.72 Å². The lowest BCUT2D eigenvalue weighted by atomic mass is 10.3. The molecule has 0 saturated heterocycles. The molecular weight excluding hydrogens is 365 g/mol. The van der Waals surface area contributed by atoms with E-state index in [0.717, 1.165) is 3.57 Å². The Balaban J connectivity index is 2.33. The molecular formula is C12H10INO3S. The lowest BCUT2D eigenvalue weighted by Crippen LogP contribution is -2.12. The molecule has 18 heavy (non-hydrogen) atoms. The molecule has 2 aromatic carbocycles. The van der Waals surface area contributed by atoms with E-state index >= 15 is 0 Å². The van der Waals surface area contributed by atoms with Gasteiger partial charge >= 0.3 is 0 Å². The SMILES string of the molecule is O=S(=O)(Nc1ccccc1O)c1ccc(I)cc1. The van der Waals surface area contributed by atoms with Crippen molar-refractivity contribution in [3.8, 4) is 5.75 Å². The number of phenolic OH excluding ortho intramolecular Hbond substituents is 1. The third-order valence-electron chi connectivity index (χ3n) is 2.27. The topological polar surface area (TPSA) is 66.4 Å². The van der Waals surface area contributed by atoms with Crippen LogP contribution in [-0.2, 0) is 10.0 Å². The van der Waals surface area contributed by atoms with E-state index in [4.69, 9.17) is 0 Å². The highest BCUT2D eigenvalue weighted by Crippen LogP contribution is 2.25. The average molecular weight is 375 g/mol. The number of nitrogens with one attached hydrogen (secondary N) is 1. The highest BCUT2D eigenvalue weighted by atomic mass is 127. The van der Waals surface area contributed by atoms with Crippen LogP contribution in [0.5, 0.6) is 5.75 Å². The average Bonchev–Trinajstić information content (AvgIpc) is 2.32. The number of aromatic hydroxyl groups is 1. The van der Waals surface area contributed by atoms with Crippen LogP contribution in [0, 0.1) is 3.57 Å². The molecule has 0 atom stereocenters. The summed E-state index contributed by atoms with van der Waals surface area (Å²) in [4.78, 5) is 0.158. The predicted molar refractivity (Wildman–Crippen MR) is 78.1 cm³/mol. The normalized spacial score (nSPS) is 11.2. The summed E-state index contributed by atoms with van der Waals surface area (Å²) in [5.74, 6) is -0.105. The van der Waals surface area contributed by atoms with Gasteiger partial charge in [0.15, 0.2) is 0 Å². The van der Waals surface area contributed by atoms with Crippen LogP contribution in [0.2, 0.25) is 0 Å². The number of benzene rings is 2. The second-order valence-corrected chi connectivity index (χ2v) is 6.50. The molecule has 0 aromatic heterocycles. The lowest BCUT2D eigenvalue weighted by molar-refractivity contribution is 0.477. The number of para-hydroxylation sites is 2. The molecule has 2 N–H and O–H groups in total. The summed E-state index contributed by atoms with van der Waals surface area (Å²) in [7, 11) is -3.67. The van der Waals surface area contributed by atoms with Crippen molar-refractivity contribution in [3.05, 3.63) is 52.1 Å². The summed E-state index contributed by atoms with van der Waals surface area (Å²) in [6.45, 7) is 0. The highest BCUT2D eigenvalue weighted by molar-refractivity contribution is 14.1. The van der Waals surface area contributed by atoms with Crippen LogP contribution >= 0.6 is 22.6 Å². The first-order valence-electron chi connectivity index (χ1n) is 5.05. The first-order chi connectivity index (χ1) is 8.49. The second-order valence-electron chi connectivity index (χ2n) is 3.58. The molecule has 0 aliphatic carbocycles. The first-order valence-corrected chi connectivity index (χ1v) is 7.61. The van der Waals surface area contributed by atoms with Crippen molar-refractivity contribution in [1.82, 2.24) is 0 Å². The van der Waals surface area contributed by atoms with Gasteiger partial charge in [0.1, 0.15) is 5.75 Å². The predicted octanol–water partition coefficient (Wildman–Crippen LogP) is 2.80. The van der Waals surface area contributed by atoms with Crippen molar-refractivity contribution in [2.45, 2.75) is 4.90 Å². The maximum Gasteiger partial charge on any atom is 0.262 e. The number of hydrogen-bond acceptors (Lipinski definition) is 3. The fourth-order valence-electron chi connectivity index (χ4n) is 1.38. The zero-order chi connectivity index (χ0) is 13.2. The number of sulfonamides is 1. The van der Waals surface area contributed by atoms with Gasteiger partial charge in [0.2, 0.25) is 0 Å². The number of rotatable bonds is 3. The summed E-state index contributed by atoms with van der Waals surface area (Å²) in [5, 5.41) is 9.54. The van der Waals surface area contributed by atoms with Crippen LogP contribution in [-0.4, -0.2) is 13.5 Å². The molecule has 0 saturated carbocycles. The van der Waals surface area contributed by atoms with E-state index in [2.05, 4.69) is 27.3 Å². The Kier molecular flexibility index (Phi) is 3.76. The van der Waals surface area contributed by atoms with E-state index in [0.29, 0.717) is 0 Å². The Morgan fingerprint density at radius 2 is 1.61 bits per heavy atom. The molecule has 94 valence electrons. The zero-order valence-electron chi connectivity index (χ0n) is 9.17. The van der Waals surface area contributed by atoms with Crippen molar-refractivity contribution in [3.63, 3.8) is 0 Å². The number of anilines is 1. The zero-order valence-corrected chi connectivity index (χ0v) is 12.1. The Morgan fingerprint density at radius 3 is 2.22 bits per heavy atom. The Hall–Kier alpha value is -1.28. The second kappa shape index (κ2) is 5.15. The molecule has 4 nitrogen and oxygen atoms in total. The maximum atomic E-state index is 12.0. The van der Waals surface area contributed by atoms with Crippen molar-refractivity contribution < 1.29 is 13.5 Å². The van der Waals surface area contributed by atoms with E-state index in [1.54, 1.807) is 24.3 Å². The molecule has 6 heteroatoms. The summed E-state index contributed by atoms with van der Waals surface area (Å²) in [6.07, 6.45) is 0. The lowest BCUT2D eigenvalue weighted by Gasteiger charge is -2.09. The Morgan fingerprint density at radius 1 is 1.00 bits per heavy atom. The van der Waals surface area contributed by atoms with Gasteiger partial charge in [-0.2, -0.15) is 0 Å². The number of hydrogen-bond donors (Lipinski definition) is 2. The van der Waals surface area contributed by atoms with Crippen LogP contribution in [0.15, 0.2) is 53.4 Å². The van der Waals surface area contributed by atoms with Gasteiger partial charge < -0.3 is 5.11 Å². The fourth-order valence-corrected chi connectivity index (χ4v) is 2.81. The highest BCUT2D eigenvalue weighted by Gasteiger charge is 2.15. The monoisotopic (exact) mass is 375 g/mol. The van der Waals surface area contributed by atoms with Gasteiger partial charge in [0.05, 0.1) is 10.6 Å². The van der Waals surface area contributed by atoms with Gasteiger partial charge in [0.25, 0.3) is 10.0 Å². The van der Waals surface area contributed by atoms with E-state index in [9.17, 15) is 13.5 Å². The largest absolute Gasteiger partial charge is 0.506 e. The molecule has 2 rings (SSSR count). The van der Waals surface area contributed by atoms with Gasteiger partial charge in [-0.25, -0.2) is 8.42 Å². The van der Waals surface area contributed by atoms with Crippen LogP contribution < -0.4 is 4.72 Å². The molecule has 0 aliphatic heterocycles. The minimum atomic E-state index is -3.67. The van der Waals surface area contributed by atoms with Crippen molar-refractivity contribution >= 4 is 38.3 Å². The first kappa shape index (κ1) is 13.2. The Bertz CT molecular complexity index is 653. The molecule has 0 fully saturated rings. The molecule has 2 aromatic rings. The summed E-state index contributed by atoms with van der Waals surface area (Å²) in [6, 6.07) is 12.6. The molecule has 0 unspecified atom stereocenters. The van der Waals surface area contributed by atoms with Gasteiger partial charge in [-0.3, -0.25) is 4.72 Å². The molecule has 0 spiro atoms.